The number of amides is 1. The van der Waals surface area contributed by atoms with Crippen LogP contribution in [0.25, 0.3) is 0 Å². The summed E-state index contributed by atoms with van der Waals surface area (Å²) in [6.07, 6.45) is 3.99. The van der Waals surface area contributed by atoms with Crippen LogP contribution in [-0.4, -0.2) is 47.7 Å². The molecule has 0 atom stereocenters. The van der Waals surface area contributed by atoms with Crippen LogP contribution in [0.15, 0.2) is 29.2 Å². The molecule has 0 bridgehead atoms. The van der Waals surface area contributed by atoms with E-state index < -0.39 is 27.3 Å². The lowest BCUT2D eigenvalue weighted by molar-refractivity contribution is -0.144. The standard InChI is InChI=1S/C18H23NO5S2/c20-16(19-18(17(21)22)9-11-25-12-10-18)13-5-7-15(8-6-13)26(23,24)14-3-1-2-4-14/h5-8,14H,1-4,9-12H2,(H,19,20)(H,21,22). The predicted octanol–water partition coefficient (Wildman–Crippen LogP) is 2.48. The van der Waals surface area contributed by atoms with E-state index in [-0.39, 0.29) is 15.7 Å². The summed E-state index contributed by atoms with van der Waals surface area (Å²) in [7, 11) is -3.36. The van der Waals surface area contributed by atoms with E-state index in [0.29, 0.717) is 37.2 Å². The minimum Gasteiger partial charge on any atom is -0.480 e. The Morgan fingerprint density at radius 1 is 1.08 bits per heavy atom. The third-order valence-electron chi connectivity index (χ3n) is 5.29. The van der Waals surface area contributed by atoms with E-state index >= 15 is 0 Å². The van der Waals surface area contributed by atoms with Crippen LogP contribution in [0.5, 0.6) is 0 Å². The van der Waals surface area contributed by atoms with Gasteiger partial charge in [0.05, 0.1) is 10.1 Å². The lowest BCUT2D eigenvalue weighted by atomic mass is 9.92. The maximum Gasteiger partial charge on any atom is 0.329 e. The van der Waals surface area contributed by atoms with Crippen molar-refractivity contribution in [1.82, 2.24) is 5.32 Å². The van der Waals surface area contributed by atoms with Crippen LogP contribution < -0.4 is 5.32 Å². The van der Waals surface area contributed by atoms with Crippen molar-refractivity contribution < 1.29 is 23.1 Å². The first kappa shape index (κ1) is 19.2. The number of carbonyl (C=O) groups excluding carboxylic acids is 1. The Bertz CT molecular complexity index is 776. The Kier molecular flexibility index (Phi) is 5.62. The van der Waals surface area contributed by atoms with Gasteiger partial charge in [0.2, 0.25) is 0 Å². The summed E-state index contributed by atoms with van der Waals surface area (Å²) < 4.78 is 25.2. The molecule has 1 saturated heterocycles. The maximum atomic E-state index is 12.6. The molecule has 1 aliphatic carbocycles. The second-order valence-corrected chi connectivity index (χ2v) is 10.4. The molecular weight excluding hydrogens is 374 g/mol. The Balaban J connectivity index is 1.75. The van der Waals surface area contributed by atoms with E-state index in [4.69, 9.17) is 0 Å². The highest BCUT2D eigenvalue weighted by atomic mass is 32.2. The molecule has 8 heteroatoms. The van der Waals surface area contributed by atoms with Gasteiger partial charge in [0.1, 0.15) is 5.54 Å². The number of rotatable bonds is 5. The largest absolute Gasteiger partial charge is 0.480 e. The van der Waals surface area contributed by atoms with Gasteiger partial charge < -0.3 is 10.4 Å². The van der Waals surface area contributed by atoms with Crippen LogP contribution in [0, 0.1) is 0 Å². The van der Waals surface area contributed by atoms with Crippen LogP contribution in [0.2, 0.25) is 0 Å². The highest BCUT2D eigenvalue weighted by Gasteiger charge is 2.41. The molecule has 0 aromatic heterocycles. The molecule has 0 radical (unpaired) electrons. The van der Waals surface area contributed by atoms with Crippen molar-refractivity contribution in [3.8, 4) is 0 Å². The second-order valence-electron chi connectivity index (χ2n) is 6.93. The molecule has 0 spiro atoms. The number of hydrogen-bond acceptors (Lipinski definition) is 5. The Morgan fingerprint density at radius 3 is 2.19 bits per heavy atom. The number of carboxylic acid groups (broad SMARTS) is 1. The van der Waals surface area contributed by atoms with Crippen molar-refractivity contribution in [2.75, 3.05) is 11.5 Å². The number of thioether (sulfide) groups is 1. The number of aliphatic carboxylic acids is 1. The molecular formula is C18H23NO5S2. The van der Waals surface area contributed by atoms with E-state index in [0.717, 1.165) is 12.8 Å². The SMILES string of the molecule is O=C(NC1(C(=O)O)CCSCC1)c1ccc(S(=O)(=O)C2CCCC2)cc1. The van der Waals surface area contributed by atoms with Crippen molar-refractivity contribution in [3.63, 3.8) is 0 Å². The van der Waals surface area contributed by atoms with Gasteiger partial charge in [-0.15, -0.1) is 0 Å². The number of carbonyl (C=O) groups is 2. The van der Waals surface area contributed by atoms with Crippen LogP contribution >= 0.6 is 11.8 Å². The van der Waals surface area contributed by atoms with Gasteiger partial charge in [0, 0.05) is 5.56 Å². The number of carboxylic acids is 1. The highest BCUT2D eigenvalue weighted by molar-refractivity contribution is 7.99. The minimum atomic E-state index is -3.36. The van der Waals surface area contributed by atoms with E-state index in [9.17, 15) is 23.1 Å². The molecule has 1 heterocycles. The Hall–Kier alpha value is -1.54. The smallest absolute Gasteiger partial charge is 0.329 e. The maximum absolute atomic E-state index is 12.6. The number of nitrogens with one attached hydrogen (secondary N) is 1. The van der Waals surface area contributed by atoms with Gasteiger partial charge in [-0.25, -0.2) is 13.2 Å². The van der Waals surface area contributed by atoms with Gasteiger partial charge in [0.25, 0.3) is 5.91 Å². The van der Waals surface area contributed by atoms with Gasteiger partial charge in [-0.3, -0.25) is 4.79 Å². The summed E-state index contributed by atoms with van der Waals surface area (Å²) in [4.78, 5) is 24.4. The van der Waals surface area contributed by atoms with E-state index in [1.54, 1.807) is 11.8 Å². The summed E-state index contributed by atoms with van der Waals surface area (Å²) in [6.45, 7) is 0. The summed E-state index contributed by atoms with van der Waals surface area (Å²) in [5.41, 5.74) is -0.967. The molecule has 0 unspecified atom stereocenters. The van der Waals surface area contributed by atoms with Crippen LogP contribution in [0.4, 0.5) is 0 Å². The fourth-order valence-electron chi connectivity index (χ4n) is 3.59. The van der Waals surface area contributed by atoms with Crippen molar-refractivity contribution in [1.29, 1.82) is 0 Å². The molecule has 3 rings (SSSR count). The monoisotopic (exact) mass is 397 g/mol. The molecule has 2 N–H and O–H groups in total. The Morgan fingerprint density at radius 2 is 1.65 bits per heavy atom. The predicted molar refractivity (Wildman–Crippen MR) is 100 cm³/mol. The summed E-state index contributed by atoms with van der Waals surface area (Å²) in [5, 5.41) is 11.9. The normalized spacial score (nSPS) is 20.6. The van der Waals surface area contributed by atoms with E-state index in [1.807, 2.05) is 0 Å². The molecule has 1 aliphatic heterocycles. The van der Waals surface area contributed by atoms with E-state index in [2.05, 4.69) is 5.32 Å². The molecule has 2 aliphatic rings. The third kappa shape index (κ3) is 3.76. The Labute approximate surface area is 157 Å². The van der Waals surface area contributed by atoms with Gasteiger partial charge in [0.15, 0.2) is 9.84 Å². The molecule has 142 valence electrons. The molecule has 1 aromatic rings. The van der Waals surface area contributed by atoms with Crippen LogP contribution in [0.1, 0.15) is 48.9 Å². The first-order valence-electron chi connectivity index (χ1n) is 8.83. The molecule has 1 saturated carbocycles. The lowest BCUT2D eigenvalue weighted by Crippen LogP contribution is -2.56. The van der Waals surface area contributed by atoms with Crippen molar-refractivity contribution in [3.05, 3.63) is 29.8 Å². The molecule has 1 aromatic carbocycles. The summed E-state index contributed by atoms with van der Waals surface area (Å²) >= 11 is 1.67. The lowest BCUT2D eigenvalue weighted by Gasteiger charge is -2.33. The fraction of sp³-hybridized carbons (Fsp3) is 0.556. The molecule has 26 heavy (non-hydrogen) atoms. The first-order chi connectivity index (χ1) is 12.3. The molecule has 6 nitrogen and oxygen atoms in total. The van der Waals surface area contributed by atoms with Gasteiger partial charge in [-0.1, -0.05) is 12.8 Å². The molecule has 1 amide bonds. The van der Waals surface area contributed by atoms with Crippen LogP contribution in [0.3, 0.4) is 0 Å². The summed E-state index contributed by atoms with van der Waals surface area (Å²) in [6, 6.07) is 5.83. The average molecular weight is 398 g/mol. The van der Waals surface area contributed by atoms with Gasteiger partial charge in [-0.2, -0.15) is 11.8 Å². The zero-order chi connectivity index (χ0) is 18.8. The van der Waals surface area contributed by atoms with Crippen molar-refractivity contribution in [2.24, 2.45) is 0 Å². The fourth-order valence-corrected chi connectivity index (χ4v) is 6.63. The quantitative estimate of drug-likeness (QED) is 0.792. The topological polar surface area (TPSA) is 101 Å². The third-order valence-corrected chi connectivity index (χ3v) is 8.56. The summed E-state index contributed by atoms with van der Waals surface area (Å²) in [5.74, 6) is -0.133. The number of sulfone groups is 1. The van der Waals surface area contributed by atoms with Crippen LogP contribution in [-0.2, 0) is 14.6 Å². The van der Waals surface area contributed by atoms with E-state index in [1.165, 1.54) is 24.3 Å². The first-order valence-corrected chi connectivity index (χ1v) is 11.5. The number of benzene rings is 1. The minimum absolute atomic E-state index is 0.225. The highest BCUT2D eigenvalue weighted by Crippen LogP contribution is 2.30. The number of hydrogen-bond donors (Lipinski definition) is 2. The zero-order valence-corrected chi connectivity index (χ0v) is 16.1. The van der Waals surface area contributed by atoms with Gasteiger partial charge >= 0.3 is 5.97 Å². The van der Waals surface area contributed by atoms with Crippen molar-refractivity contribution in [2.45, 2.75) is 54.2 Å². The average Bonchev–Trinajstić information content (AvgIpc) is 3.18. The zero-order valence-electron chi connectivity index (χ0n) is 14.4. The van der Waals surface area contributed by atoms with Gasteiger partial charge in [-0.05, 0) is 61.5 Å². The molecule has 2 fully saturated rings. The van der Waals surface area contributed by atoms with Crippen molar-refractivity contribution >= 4 is 33.5 Å². The second kappa shape index (κ2) is 7.60.